The molecule has 1 aliphatic rings. The number of hydrogen-bond donors (Lipinski definition) is 2. The lowest BCUT2D eigenvalue weighted by molar-refractivity contribution is 0.451. The van der Waals surface area contributed by atoms with Gasteiger partial charge in [-0.1, -0.05) is 6.92 Å². The lowest BCUT2D eigenvalue weighted by Crippen LogP contribution is -2.40. The van der Waals surface area contributed by atoms with E-state index in [9.17, 15) is 8.42 Å². The Morgan fingerprint density at radius 3 is 2.57 bits per heavy atom. The molecule has 0 aromatic carbocycles. The number of hydrogen-bond acceptors (Lipinski definition) is 3. The van der Waals surface area contributed by atoms with E-state index in [1.807, 2.05) is 6.92 Å². The van der Waals surface area contributed by atoms with Crippen LogP contribution in [0.25, 0.3) is 0 Å². The Labute approximate surface area is 85.8 Å². The van der Waals surface area contributed by atoms with E-state index in [0.29, 0.717) is 25.4 Å². The van der Waals surface area contributed by atoms with Crippen LogP contribution >= 0.6 is 0 Å². The molecule has 2 atom stereocenters. The van der Waals surface area contributed by atoms with Gasteiger partial charge < -0.3 is 5.73 Å². The van der Waals surface area contributed by atoms with Crippen LogP contribution in [0.5, 0.6) is 0 Å². The fourth-order valence-corrected chi connectivity index (χ4v) is 2.46. The van der Waals surface area contributed by atoms with Crippen molar-refractivity contribution in [2.24, 2.45) is 11.7 Å². The zero-order valence-corrected chi connectivity index (χ0v) is 9.55. The fourth-order valence-electron chi connectivity index (χ4n) is 1.20. The van der Waals surface area contributed by atoms with Crippen LogP contribution in [0.1, 0.15) is 19.8 Å². The van der Waals surface area contributed by atoms with Crippen molar-refractivity contribution in [3.8, 4) is 0 Å². The Morgan fingerprint density at radius 2 is 2.14 bits per heavy atom. The van der Waals surface area contributed by atoms with Crippen molar-refractivity contribution < 1.29 is 8.42 Å². The van der Waals surface area contributed by atoms with Crippen LogP contribution in [0.2, 0.25) is 0 Å². The van der Waals surface area contributed by atoms with Gasteiger partial charge in [-0.25, -0.2) is 0 Å². The quantitative estimate of drug-likeness (QED) is 0.635. The first kappa shape index (κ1) is 11.9. The molecule has 5 nitrogen and oxygen atoms in total. The maximum atomic E-state index is 11.6. The molecule has 1 rings (SSSR count). The summed E-state index contributed by atoms with van der Waals surface area (Å²) < 4.78 is 27.2. The normalized spacial score (nSPS) is 26.9. The predicted octanol–water partition coefficient (Wildman–Crippen LogP) is -0.490. The number of rotatable bonds is 6. The van der Waals surface area contributed by atoms with Gasteiger partial charge in [-0.3, -0.25) is 0 Å². The van der Waals surface area contributed by atoms with Crippen molar-refractivity contribution in [1.82, 2.24) is 9.03 Å². The van der Waals surface area contributed by atoms with Crippen LogP contribution in [0.4, 0.5) is 0 Å². The minimum absolute atomic E-state index is 0.139. The molecule has 0 spiro atoms. The molecule has 0 saturated heterocycles. The molecule has 0 aromatic heterocycles. The lowest BCUT2D eigenvalue weighted by Gasteiger charge is -2.17. The molecule has 2 unspecified atom stereocenters. The van der Waals surface area contributed by atoms with Crippen molar-refractivity contribution in [1.29, 1.82) is 0 Å². The van der Waals surface area contributed by atoms with E-state index >= 15 is 0 Å². The van der Waals surface area contributed by atoms with Crippen molar-refractivity contribution >= 4 is 10.2 Å². The van der Waals surface area contributed by atoms with E-state index < -0.39 is 10.2 Å². The van der Waals surface area contributed by atoms with Gasteiger partial charge in [0.2, 0.25) is 0 Å². The molecule has 6 heteroatoms. The molecule has 0 amide bonds. The second-order valence-corrected chi connectivity index (χ2v) is 5.72. The summed E-state index contributed by atoms with van der Waals surface area (Å²) in [5.41, 5.74) is 5.31. The fraction of sp³-hybridized carbons (Fsp3) is 1.00. The van der Waals surface area contributed by atoms with Gasteiger partial charge in [0.1, 0.15) is 0 Å². The van der Waals surface area contributed by atoms with E-state index in [0.717, 1.165) is 6.42 Å². The molecular weight excluding hydrogens is 202 g/mol. The predicted molar refractivity (Wildman–Crippen MR) is 55.9 cm³/mol. The third-order valence-corrected chi connectivity index (χ3v) is 4.10. The lowest BCUT2D eigenvalue weighted by atomic mass is 10.4. The highest BCUT2D eigenvalue weighted by Gasteiger charge is 2.36. The molecule has 3 N–H and O–H groups in total. The van der Waals surface area contributed by atoms with E-state index in [4.69, 9.17) is 5.73 Å². The van der Waals surface area contributed by atoms with Crippen LogP contribution in [0, 0.1) is 5.92 Å². The highest BCUT2D eigenvalue weighted by Crippen LogP contribution is 2.29. The summed E-state index contributed by atoms with van der Waals surface area (Å²) in [6.07, 6.45) is 1.64. The van der Waals surface area contributed by atoms with Gasteiger partial charge in [0.05, 0.1) is 0 Å². The van der Waals surface area contributed by atoms with Crippen molar-refractivity contribution in [3.63, 3.8) is 0 Å². The smallest absolute Gasteiger partial charge is 0.279 e. The van der Waals surface area contributed by atoms with Gasteiger partial charge in [0, 0.05) is 19.6 Å². The Hall–Kier alpha value is -0.170. The number of nitrogens with zero attached hydrogens (tertiary/aromatic N) is 1. The minimum Gasteiger partial charge on any atom is -0.330 e. The Balaban J connectivity index is 2.39. The van der Waals surface area contributed by atoms with Gasteiger partial charge >= 0.3 is 0 Å². The van der Waals surface area contributed by atoms with Gasteiger partial charge in [-0.2, -0.15) is 17.4 Å². The van der Waals surface area contributed by atoms with Crippen LogP contribution < -0.4 is 10.5 Å². The van der Waals surface area contributed by atoms with Gasteiger partial charge in [-0.05, 0) is 25.3 Å². The molecule has 1 fully saturated rings. The van der Waals surface area contributed by atoms with Crippen LogP contribution in [-0.2, 0) is 10.2 Å². The van der Waals surface area contributed by atoms with Crippen molar-refractivity contribution in [2.75, 3.05) is 20.1 Å². The van der Waals surface area contributed by atoms with E-state index in [-0.39, 0.29) is 6.04 Å². The van der Waals surface area contributed by atoms with Crippen molar-refractivity contribution in [3.05, 3.63) is 0 Å². The highest BCUT2D eigenvalue weighted by atomic mass is 32.2. The SMILES string of the molecule is CC1CC1NS(=O)(=O)N(C)CCCN. The second-order valence-electron chi connectivity index (χ2n) is 3.91. The maximum Gasteiger partial charge on any atom is 0.279 e. The second kappa shape index (κ2) is 4.57. The summed E-state index contributed by atoms with van der Waals surface area (Å²) in [7, 11) is -1.70. The topological polar surface area (TPSA) is 75.4 Å². The summed E-state index contributed by atoms with van der Waals surface area (Å²) in [4.78, 5) is 0. The largest absolute Gasteiger partial charge is 0.330 e. The van der Waals surface area contributed by atoms with Gasteiger partial charge in [0.15, 0.2) is 0 Å². The average Bonchev–Trinajstić information content (AvgIpc) is 2.76. The summed E-state index contributed by atoms with van der Waals surface area (Å²) in [5, 5.41) is 0. The number of nitrogens with one attached hydrogen (secondary N) is 1. The minimum atomic E-state index is -3.27. The molecule has 1 aliphatic carbocycles. The van der Waals surface area contributed by atoms with Gasteiger partial charge in [0.25, 0.3) is 10.2 Å². The highest BCUT2D eigenvalue weighted by molar-refractivity contribution is 7.87. The van der Waals surface area contributed by atoms with Crippen LogP contribution in [0.15, 0.2) is 0 Å². The molecule has 0 aromatic rings. The molecular formula is C8H19N3O2S. The molecule has 0 radical (unpaired) electrons. The van der Waals surface area contributed by atoms with E-state index in [1.54, 1.807) is 7.05 Å². The monoisotopic (exact) mass is 221 g/mol. The third kappa shape index (κ3) is 3.20. The summed E-state index contributed by atoms with van der Waals surface area (Å²) in [5.74, 6) is 0.479. The Morgan fingerprint density at radius 1 is 1.57 bits per heavy atom. The van der Waals surface area contributed by atoms with Gasteiger partial charge in [-0.15, -0.1) is 0 Å². The molecule has 0 heterocycles. The van der Waals surface area contributed by atoms with Crippen LogP contribution in [-0.4, -0.2) is 38.9 Å². The summed E-state index contributed by atoms with van der Waals surface area (Å²) in [6, 6.07) is 0.139. The Kier molecular flexibility index (Phi) is 3.88. The van der Waals surface area contributed by atoms with Crippen molar-refractivity contribution in [2.45, 2.75) is 25.8 Å². The molecule has 14 heavy (non-hydrogen) atoms. The van der Waals surface area contributed by atoms with E-state index in [2.05, 4.69) is 4.72 Å². The molecule has 0 aliphatic heterocycles. The van der Waals surface area contributed by atoms with Crippen LogP contribution in [0.3, 0.4) is 0 Å². The molecule has 1 saturated carbocycles. The molecule has 84 valence electrons. The first-order valence-corrected chi connectivity index (χ1v) is 6.35. The average molecular weight is 221 g/mol. The summed E-state index contributed by atoms with van der Waals surface area (Å²) in [6.45, 7) is 3.03. The standard InChI is InChI=1S/C8H19N3O2S/c1-7-6-8(7)10-14(12,13)11(2)5-3-4-9/h7-8,10H,3-6,9H2,1-2H3. The number of nitrogens with two attached hydrogens (primary N) is 1. The maximum absolute atomic E-state index is 11.6. The first-order chi connectivity index (χ1) is 6.47. The zero-order chi connectivity index (χ0) is 10.8. The third-order valence-electron chi connectivity index (χ3n) is 2.50. The summed E-state index contributed by atoms with van der Waals surface area (Å²) >= 11 is 0. The Bertz CT molecular complexity index is 278. The zero-order valence-electron chi connectivity index (χ0n) is 8.73. The first-order valence-electron chi connectivity index (χ1n) is 4.91. The molecule has 0 bridgehead atoms. The van der Waals surface area contributed by atoms with E-state index in [1.165, 1.54) is 4.31 Å².